The maximum Gasteiger partial charge on any atom is 0.402 e. The highest BCUT2D eigenvalue weighted by Gasteiger charge is 2.29. The fraction of sp³-hybridized carbons (Fsp3) is 1.00. The molecule has 0 spiro atoms. The van der Waals surface area contributed by atoms with E-state index in [-0.39, 0.29) is 13.2 Å². The van der Waals surface area contributed by atoms with Crippen molar-refractivity contribution in [2.75, 3.05) is 19.7 Å². The van der Waals surface area contributed by atoms with Gasteiger partial charge in [0.1, 0.15) is 6.54 Å². The summed E-state index contributed by atoms with van der Waals surface area (Å²) in [5.74, 6) is 0. The van der Waals surface area contributed by atoms with Gasteiger partial charge in [-0.1, -0.05) is 12.8 Å². The fourth-order valence-electron chi connectivity index (χ4n) is 1.02. The second-order valence-corrected chi connectivity index (χ2v) is 5.06. The molecule has 0 aromatic heterocycles. The van der Waals surface area contributed by atoms with Crippen LogP contribution in [0, 0.1) is 0 Å². The van der Waals surface area contributed by atoms with E-state index in [2.05, 4.69) is 0 Å². The Morgan fingerprint density at radius 3 is 2.12 bits per heavy atom. The van der Waals surface area contributed by atoms with Gasteiger partial charge in [-0.25, -0.2) is 4.72 Å². The zero-order valence-electron chi connectivity index (χ0n) is 9.26. The molecule has 104 valence electrons. The van der Waals surface area contributed by atoms with Crippen LogP contribution in [-0.2, 0) is 10.2 Å². The molecule has 0 aromatic rings. The van der Waals surface area contributed by atoms with Crippen molar-refractivity contribution in [3.05, 3.63) is 0 Å². The van der Waals surface area contributed by atoms with Gasteiger partial charge < -0.3 is 5.11 Å². The van der Waals surface area contributed by atoms with Crippen molar-refractivity contribution in [2.24, 2.45) is 0 Å². The highest BCUT2D eigenvalue weighted by Crippen LogP contribution is 2.12. The van der Waals surface area contributed by atoms with E-state index in [9.17, 15) is 21.6 Å². The lowest BCUT2D eigenvalue weighted by atomic mass is 10.2. The maximum absolute atomic E-state index is 11.7. The smallest absolute Gasteiger partial charge is 0.396 e. The summed E-state index contributed by atoms with van der Waals surface area (Å²) in [6.07, 6.45) is -1.93. The quantitative estimate of drug-likeness (QED) is 0.538. The van der Waals surface area contributed by atoms with Gasteiger partial charge in [-0.3, -0.25) is 0 Å². The monoisotopic (exact) mass is 278 g/mol. The van der Waals surface area contributed by atoms with Crippen LogP contribution in [0.3, 0.4) is 0 Å². The molecule has 3 N–H and O–H groups in total. The normalized spacial score (nSPS) is 12.9. The zero-order chi connectivity index (χ0) is 13.4. The SMILES string of the molecule is O=S(=O)(NCCCCCCO)NCC(F)(F)F. The molecule has 0 fully saturated rings. The van der Waals surface area contributed by atoms with Crippen LogP contribution in [0.15, 0.2) is 0 Å². The molecule has 0 amide bonds. The molecular formula is C8H17F3N2O3S. The standard InChI is InChI=1S/C8H17F3N2O3S/c9-8(10,11)7-13-17(15,16)12-5-3-1-2-4-6-14/h12-14H,1-7H2. The van der Waals surface area contributed by atoms with E-state index in [4.69, 9.17) is 5.11 Å². The van der Waals surface area contributed by atoms with E-state index >= 15 is 0 Å². The van der Waals surface area contributed by atoms with Gasteiger partial charge in [0, 0.05) is 13.2 Å². The van der Waals surface area contributed by atoms with Gasteiger partial charge in [0.25, 0.3) is 10.2 Å². The molecule has 0 heterocycles. The van der Waals surface area contributed by atoms with Gasteiger partial charge in [-0.05, 0) is 12.8 Å². The average Bonchev–Trinajstić information content (AvgIpc) is 2.20. The Morgan fingerprint density at radius 1 is 1.00 bits per heavy atom. The third kappa shape index (κ3) is 11.9. The molecule has 0 saturated carbocycles. The largest absolute Gasteiger partial charge is 0.402 e. The van der Waals surface area contributed by atoms with Crippen molar-refractivity contribution in [2.45, 2.75) is 31.9 Å². The molecule has 0 bridgehead atoms. The molecule has 9 heteroatoms. The van der Waals surface area contributed by atoms with Gasteiger partial charge >= 0.3 is 6.18 Å². The molecule has 17 heavy (non-hydrogen) atoms. The Bertz CT molecular complexity index is 293. The van der Waals surface area contributed by atoms with Gasteiger partial charge in [0.15, 0.2) is 0 Å². The topological polar surface area (TPSA) is 78.4 Å². The molecular weight excluding hydrogens is 261 g/mol. The first-order chi connectivity index (χ1) is 7.77. The summed E-state index contributed by atoms with van der Waals surface area (Å²) < 4.78 is 60.6. The van der Waals surface area contributed by atoms with Crippen LogP contribution in [0.25, 0.3) is 0 Å². The van der Waals surface area contributed by atoms with Gasteiger partial charge in [0.05, 0.1) is 0 Å². The summed E-state index contributed by atoms with van der Waals surface area (Å²) in [5.41, 5.74) is 0. The van der Waals surface area contributed by atoms with Crippen molar-refractivity contribution in [3.8, 4) is 0 Å². The number of halogens is 3. The minimum atomic E-state index is -4.56. The van der Waals surface area contributed by atoms with E-state index in [0.717, 1.165) is 6.42 Å². The molecule has 0 aliphatic heterocycles. The first-order valence-electron chi connectivity index (χ1n) is 5.19. The minimum Gasteiger partial charge on any atom is -0.396 e. The van der Waals surface area contributed by atoms with Crippen molar-refractivity contribution >= 4 is 10.2 Å². The predicted octanol–water partition coefficient (Wildman–Crippen LogP) is 0.525. The van der Waals surface area contributed by atoms with E-state index in [1.807, 2.05) is 4.72 Å². The molecule has 0 rings (SSSR count). The molecule has 0 aliphatic carbocycles. The molecule has 0 atom stereocenters. The molecule has 0 aromatic carbocycles. The van der Waals surface area contributed by atoms with Crippen LogP contribution in [0.1, 0.15) is 25.7 Å². The Balaban J connectivity index is 3.65. The van der Waals surface area contributed by atoms with E-state index in [0.29, 0.717) is 19.3 Å². The Labute approximate surface area is 98.6 Å². The molecule has 5 nitrogen and oxygen atoms in total. The number of aliphatic hydroxyl groups is 1. The van der Waals surface area contributed by atoms with E-state index in [1.54, 1.807) is 0 Å². The van der Waals surface area contributed by atoms with Crippen molar-refractivity contribution < 1.29 is 26.7 Å². The van der Waals surface area contributed by atoms with Crippen molar-refractivity contribution in [3.63, 3.8) is 0 Å². The molecule has 0 aliphatic rings. The lowest BCUT2D eigenvalue weighted by Gasteiger charge is -2.10. The van der Waals surface area contributed by atoms with Crippen molar-refractivity contribution in [1.29, 1.82) is 0 Å². The van der Waals surface area contributed by atoms with Crippen LogP contribution in [-0.4, -0.2) is 39.4 Å². The summed E-state index contributed by atoms with van der Waals surface area (Å²) in [7, 11) is -4.08. The number of hydrogen-bond donors (Lipinski definition) is 3. The number of aliphatic hydroxyl groups excluding tert-OH is 1. The van der Waals surface area contributed by atoms with Crippen LogP contribution < -0.4 is 9.44 Å². The van der Waals surface area contributed by atoms with E-state index in [1.165, 1.54) is 4.72 Å². The van der Waals surface area contributed by atoms with Crippen LogP contribution in [0.4, 0.5) is 13.2 Å². The first kappa shape index (κ1) is 16.6. The molecule has 0 radical (unpaired) electrons. The van der Waals surface area contributed by atoms with Gasteiger partial charge in [0.2, 0.25) is 0 Å². The van der Waals surface area contributed by atoms with Gasteiger partial charge in [-0.2, -0.15) is 26.3 Å². The summed E-state index contributed by atoms with van der Waals surface area (Å²) in [4.78, 5) is 0. The number of unbranched alkanes of at least 4 members (excludes halogenated alkanes) is 3. The summed E-state index contributed by atoms with van der Waals surface area (Å²) >= 11 is 0. The number of hydrogen-bond acceptors (Lipinski definition) is 3. The van der Waals surface area contributed by atoms with Crippen molar-refractivity contribution in [1.82, 2.24) is 9.44 Å². The summed E-state index contributed by atoms with van der Waals surface area (Å²) in [5, 5.41) is 8.47. The Kier molecular flexibility index (Phi) is 7.68. The average molecular weight is 278 g/mol. The summed E-state index contributed by atoms with van der Waals surface area (Å²) in [6, 6.07) is 0. The van der Waals surface area contributed by atoms with Crippen LogP contribution in [0.5, 0.6) is 0 Å². The highest BCUT2D eigenvalue weighted by atomic mass is 32.2. The molecule has 0 unspecified atom stereocenters. The Morgan fingerprint density at radius 2 is 1.59 bits per heavy atom. The third-order valence-electron chi connectivity index (χ3n) is 1.84. The second-order valence-electron chi connectivity index (χ2n) is 3.47. The third-order valence-corrected chi connectivity index (χ3v) is 2.95. The fourth-order valence-corrected chi connectivity index (χ4v) is 1.89. The molecule has 0 saturated heterocycles. The highest BCUT2D eigenvalue weighted by molar-refractivity contribution is 7.87. The first-order valence-corrected chi connectivity index (χ1v) is 6.67. The maximum atomic E-state index is 11.7. The second kappa shape index (κ2) is 7.85. The minimum absolute atomic E-state index is 0.0820. The Hall–Kier alpha value is -0.380. The lowest BCUT2D eigenvalue weighted by Crippen LogP contribution is -2.41. The predicted molar refractivity (Wildman–Crippen MR) is 56.5 cm³/mol. The number of rotatable bonds is 9. The van der Waals surface area contributed by atoms with Crippen LogP contribution in [0.2, 0.25) is 0 Å². The van der Waals surface area contributed by atoms with Gasteiger partial charge in [-0.15, -0.1) is 0 Å². The van der Waals surface area contributed by atoms with E-state index < -0.39 is 22.9 Å². The number of nitrogens with one attached hydrogen (secondary N) is 2. The lowest BCUT2D eigenvalue weighted by molar-refractivity contribution is -0.121. The van der Waals surface area contributed by atoms with Crippen LogP contribution >= 0.6 is 0 Å². The summed E-state index contributed by atoms with van der Waals surface area (Å²) in [6.45, 7) is -1.41. The zero-order valence-corrected chi connectivity index (χ0v) is 10.1. The number of alkyl halides is 3.